The zero-order valence-electron chi connectivity index (χ0n) is 14.4. The Morgan fingerprint density at radius 1 is 1.44 bits per heavy atom. The molecule has 1 aliphatic rings. The maximum Gasteiger partial charge on any atom is 0.318 e. The molecule has 1 aromatic rings. The third-order valence-corrected chi connectivity index (χ3v) is 5.10. The Morgan fingerprint density at radius 2 is 2.12 bits per heavy atom. The molecule has 2 unspecified atom stereocenters. The van der Waals surface area contributed by atoms with Crippen LogP contribution >= 0.6 is 0 Å². The number of benzene rings is 1. The van der Waals surface area contributed by atoms with Gasteiger partial charge in [0.15, 0.2) is 0 Å². The number of carbonyl (C=O) groups is 2. The largest absolute Gasteiger partial charge is 0.337 e. The van der Waals surface area contributed by atoms with E-state index in [1.54, 1.807) is 6.07 Å². The molecule has 9 heteroatoms. The molecule has 0 radical (unpaired) electrons. The van der Waals surface area contributed by atoms with Crippen LogP contribution in [0, 0.1) is 5.92 Å². The Bertz CT molecular complexity index is 750. The third-order valence-electron chi connectivity index (χ3n) is 4.33. The first-order chi connectivity index (χ1) is 11.7. The maximum absolute atomic E-state index is 12.7. The Morgan fingerprint density at radius 3 is 2.76 bits per heavy atom. The monoisotopic (exact) mass is 368 g/mol. The highest BCUT2D eigenvalue weighted by Crippen LogP contribution is 2.27. The van der Waals surface area contributed by atoms with Gasteiger partial charge in [-0.3, -0.25) is 4.79 Å². The number of sulfonamides is 1. The van der Waals surface area contributed by atoms with Gasteiger partial charge in [-0.05, 0) is 17.5 Å². The van der Waals surface area contributed by atoms with Crippen LogP contribution in [0.1, 0.15) is 25.8 Å². The SMILES string of the molecule is CCC(C)C1C(=O)Nc2ccccc2CN1C(=O)NCCS(N)(=O)=O. The number of amides is 3. The van der Waals surface area contributed by atoms with Crippen molar-refractivity contribution in [2.45, 2.75) is 32.9 Å². The number of para-hydroxylation sites is 1. The van der Waals surface area contributed by atoms with E-state index in [1.165, 1.54) is 4.90 Å². The Hall–Kier alpha value is -2.13. The minimum atomic E-state index is -3.66. The van der Waals surface area contributed by atoms with Crippen molar-refractivity contribution < 1.29 is 18.0 Å². The summed E-state index contributed by atoms with van der Waals surface area (Å²) >= 11 is 0. The highest BCUT2D eigenvalue weighted by molar-refractivity contribution is 7.89. The van der Waals surface area contributed by atoms with E-state index in [9.17, 15) is 18.0 Å². The summed E-state index contributed by atoms with van der Waals surface area (Å²) in [7, 11) is -3.66. The summed E-state index contributed by atoms with van der Waals surface area (Å²) in [6, 6.07) is 6.17. The van der Waals surface area contributed by atoms with Crippen molar-refractivity contribution in [2.75, 3.05) is 17.6 Å². The van der Waals surface area contributed by atoms with E-state index in [-0.39, 0.29) is 30.7 Å². The Labute approximate surface area is 147 Å². The number of nitrogens with one attached hydrogen (secondary N) is 2. The lowest BCUT2D eigenvalue weighted by Gasteiger charge is -2.32. The lowest BCUT2D eigenvalue weighted by atomic mass is 9.97. The average Bonchev–Trinajstić information content (AvgIpc) is 2.68. The third kappa shape index (κ3) is 4.93. The van der Waals surface area contributed by atoms with Crippen molar-refractivity contribution in [2.24, 2.45) is 11.1 Å². The molecule has 25 heavy (non-hydrogen) atoms. The number of carbonyl (C=O) groups excluding carboxylic acids is 2. The van der Waals surface area contributed by atoms with Gasteiger partial charge in [0.25, 0.3) is 0 Å². The van der Waals surface area contributed by atoms with Gasteiger partial charge in [-0.25, -0.2) is 18.4 Å². The first-order valence-electron chi connectivity index (χ1n) is 8.16. The lowest BCUT2D eigenvalue weighted by molar-refractivity contribution is -0.121. The van der Waals surface area contributed by atoms with Gasteiger partial charge in [-0.15, -0.1) is 0 Å². The Balaban J connectivity index is 2.25. The van der Waals surface area contributed by atoms with E-state index in [1.807, 2.05) is 32.0 Å². The number of primary sulfonamides is 1. The molecule has 138 valence electrons. The fraction of sp³-hybridized carbons (Fsp3) is 0.500. The van der Waals surface area contributed by atoms with E-state index in [0.29, 0.717) is 5.69 Å². The molecule has 8 nitrogen and oxygen atoms in total. The van der Waals surface area contributed by atoms with Crippen LogP contribution < -0.4 is 15.8 Å². The molecule has 2 atom stereocenters. The van der Waals surface area contributed by atoms with E-state index < -0.39 is 22.1 Å². The van der Waals surface area contributed by atoms with Crippen LogP contribution in [0.4, 0.5) is 10.5 Å². The quantitative estimate of drug-likeness (QED) is 0.713. The van der Waals surface area contributed by atoms with Crippen LogP contribution in [-0.4, -0.2) is 43.6 Å². The van der Waals surface area contributed by atoms with Gasteiger partial charge in [-0.2, -0.15) is 0 Å². The fourth-order valence-corrected chi connectivity index (χ4v) is 3.19. The molecule has 3 amide bonds. The second kappa shape index (κ2) is 7.83. The minimum Gasteiger partial charge on any atom is -0.337 e. The van der Waals surface area contributed by atoms with E-state index in [2.05, 4.69) is 10.6 Å². The van der Waals surface area contributed by atoms with Crippen LogP contribution in [0.5, 0.6) is 0 Å². The number of nitrogens with two attached hydrogens (primary N) is 1. The van der Waals surface area contributed by atoms with Crippen LogP contribution in [0.2, 0.25) is 0 Å². The smallest absolute Gasteiger partial charge is 0.318 e. The van der Waals surface area contributed by atoms with Crippen molar-refractivity contribution in [3.05, 3.63) is 29.8 Å². The van der Waals surface area contributed by atoms with Crippen molar-refractivity contribution in [1.29, 1.82) is 0 Å². The van der Waals surface area contributed by atoms with Gasteiger partial charge in [0.2, 0.25) is 15.9 Å². The summed E-state index contributed by atoms with van der Waals surface area (Å²) in [6.45, 7) is 4.01. The predicted octanol–water partition coefficient (Wildman–Crippen LogP) is 0.854. The molecule has 1 aliphatic heterocycles. The molecule has 2 rings (SSSR count). The lowest BCUT2D eigenvalue weighted by Crippen LogP contribution is -2.52. The van der Waals surface area contributed by atoms with Crippen LogP contribution in [0.3, 0.4) is 0 Å². The molecule has 0 fully saturated rings. The fourth-order valence-electron chi connectivity index (χ4n) is 2.80. The number of rotatable bonds is 5. The van der Waals surface area contributed by atoms with Gasteiger partial charge < -0.3 is 15.5 Å². The van der Waals surface area contributed by atoms with Crippen molar-refractivity contribution in [3.8, 4) is 0 Å². The summed E-state index contributed by atoms with van der Waals surface area (Å²) < 4.78 is 22.1. The van der Waals surface area contributed by atoms with E-state index in [0.717, 1.165) is 12.0 Å². The molecular formula is C16H24N4O4S. The molecule has 0 aliphatic carbocycles. The Kier molecular flexibility index (Phi) is 6.02. The van der Waals surface area contributed by atoms with Crippen molar-refractivity contribution in [1.82, 2.24) is 10.2 Å². The molecule has 0 bridgehead atoms. The number of nitrogens with zero attached hydrogens (tertiary/aromatic N) is 1. The number of hydrogen-bond acceptors (Lipinski definition) is 4. The molecule has 0 aromatic heterocycles. The van der Waals surface area contributed by atoms with Crippen molar-refractivity contribution in [3.63, 3.8) is 0 Å². The van der Waals surface area contributed by atoms with Gasteiger partial charge >= 0.3 is 6.03 Å². The first kappa shape index (κ1) is 19.2. The van der Waals surface area contributed by atoms with Crippen LogP contribution in [-0.2, 0) is 21.4 Å². The van der Waals surface area contributed by atoms with Crippen LogP contribution in [0.15, 0.2) is 24.3 Å². The zero-order valence-corrected chi connectivity index (χ0v) is 15.2. The molecule has 1 heterocycles. The van der Waals surface area contributed by atoms with Gasteiger partial charge in [0.05, 0.1) is 12.3 Å². The van der Waals surface area contributed by atoms with E-state index in [4.69, 9.17) is 5.14 Å². The second-order valence-corrected chi connectivity index (χ2v) is 7.94. The summed E-state index contributed by atoms with van der Waals surface area (Å²) in [4.78, 5) is 26.8. The summed E-state index contributed by atoms with van der Waals surface area (Å²) in [5.74, 6) is -0.664. The highest BCUT2D eigenvalue weighted by atomic mass is 32.2. The number of hydrogen-bond donors (Lipinski definition) is 3. The summed E-state index contributed by atoms with van der Waals surface area (Å²) in [6.07, 6.45) is 0.718. The number of fused-ring (bicyclic) bond motifs is 1. The molecule has 0 spiro atoms. The minimum absolute atomic E-state index is 0.0571. The number of anilines is 1. The van der Waals surface area contributed by atoms with E-state index >= 15 is 0 Å². The summed E-state index contributed by atoms with van der Waals surface area (Å²) in [5.41, 5.74) is 1.50. The normalized spacial score (nSPS) is 18.8. The summed E-state index contributed by atoms with van der Waals surface area (Å²) in [5, 5.41) is 10.4. The maximum atomic E-state index is 12.7. The first-order valence-corrected chi connectivity index (χ1v) is 9.88. The predicted molar refractivity (Wildman–Crippen MR) is 95.2 cm³/mol. The number of urea groups is 1. The topological polar surface area (TPSA) is 122 Å². The molecular weight excluding hydrogens is 344 g/mol. The standard InChI is InChI=1S/C16H24N4O4S/c1-3-11(2)14-15(21)19-13-7-5-4-6-12(13)10-20(14)16(22)18-8-9-25(17,23)24/h4-7,11,14H,3,8-10H2,1-2H3,(H,18,22)(H,19,21)(H2,17,23,24). The second-order valence-electron chi connectivity index (χ2n) is 6.20. The zero-order chi connectivity index (χ0) is 18.6. The molecule has 0 saturated carbocycles. The van der Waals surface area contributed by atoms with Gasteiger partial charge in [0.1, 0.15) is 6.04 Å². The van der Waals surface area contributed by atoms with Gasteiger partial charge in [0, 0.05) is 12.2 Å². The van der Waals surface area contributed by atoms with Gasteiger partial charge in [-0.1, -0.05) is 38.5 Å². The van der Waals surface area contributed by atoms with Crippen molar-refractivity contribution >= 4 is 27.6 Å². The highest BCUT2D eigenvalue weighted by Gasteiger charge is 2.36. The molecule has 0 saturated heterocycles. The average molecular weight is 368 g/mol. The molecule has 4 N–H and O–H groups in total. The molecule has 1 aromatic carbocycles. The van der Waals surface area contributed by atoms with Crippen LogP contribution in [0.25, 0.3) is 0 Å².